The summed E-state index contributed by atoms with van der Waals surface area (Å²) in [4.78, 5) is 2.46. The summed E-state index contributed by atoms with van der Waals surface area (Å²) in [5.74, 6) is 0. The van der Waals surface area contributed by atoms with Gasteiger partial charge in [0.1, 0.15) is 0 Å². The third kappa shape index (κ3) is 2.92. The lowest BCUT2D eigenvalue weighted by atomic mass is 10.1. The third-order valence-corrected chi connectivity index (χ3v) is 4.31. The van der Waals surface area contributed by atoms with Crippen molar-refractivity contribution in [2.24, 2.45) is 0 Å². The van der Waals surface area contributed by atoms with E-state index < -0.39 is 0 Å². The van der Waals surface area contributed by atoms with Crippen molar-refractivity contribution >= 4 is 22.6 Å². The van der Waals surface area contributed by atoms with Crippen LogP contribution in [0.5, 0.6) is 0 Å². The molecule has 0 bridgehead atoms. The molecule has 15 heavy (non-hydrogen) atoms. The van der Waals surface area contributed by atoms with E-state index in [1.165, 1.54) is 14.7 Å². The zero-order valence-corrected chi connectivity index (χ0v) is 11.2. The summed E-state index contributed by atoms with van der Waals surface area (Å²) in [5, 5.41) is 0. The first-order valence-corrected chi connectivity index (χ1v) is 6.39. The lowest BCUT2D eigenvalue weighted by Gasteiger charge is -2.27. The summed E-state index contributed by atoms with van der Waals surface area (Å²) < 4.78 is 6.75. The first-order chi connectivity index (χ1) is 7.27. The molecule has 1 fully saturated rings. The van der Waals surface area contributed by atoms with Crippen molar-refractivity contribution in [3.8, 4) is 0 Å². The number of rotatable bonds is 2. The maximum Gasteiger partial charge on any atom is 0.0594 e. The highest BCUT2D eigenvalue weighted by Crippen LogP contribution is 2.18. The number of hydrogen-bond donors (Lipinski definition) is 0. The average molecular weight is 317 g/mol. The molecule has 0 atom stereocenters. The van der Waals surface area contributed by atoms with Gasteiger partial charge in [0.25, 0.3) is 0 Å². The molecule has 0 radical (unpaired) electrons. The minimum atomic E-state index is 0.877. The molecule has 1 aromatic rings. The van der Waals surface area contributed by atoms with Crippen molar-refractivity contribution in [2.45, 2.75) is 13.5 Å². The number of nitrogens with zero attached hydrogens (tertiary/aromatic N) is 1. The van der Waals surface area contributed by atoms with Crippen molar-refractivity contribution < 1.29 is 4.74 Å². The van der Waals surface area contributed by atoms with Gasteiger partial charge in [-0.05, 0) is 40.6 Å². The van der Waals surface area contributed by atoms with E-state index in [1.54, 1.807) is 0 Å². The van der Waals surface area contributed by atoms with Crippen molar-refractivity contribution in [2.75, 3.05) is 26.3 Å². The lowest BCUT2D eigenvalue weighted by Crippen LogP contribution is -2.35. The monoisotopic (exact) mass is 317 g/mol. The quantitative estimate of drug-likeness (QED) is 0.777. The van der Waals surface area contributed by atoms with Gasteiger partial charge in [0, 0.05) is 23.2 Å². The second-order valence-electron chi connectivity index (χ2n) is 3.94. The Balaban J connectivity index is 2.06. The molecule has 0 aromatic heterocycles. The maximum absolute atomic E-state index is 5.35. The van der Waals surface area contributed by atoms with Crippen LogP contribution >= 0.6 is 22.6 Å². The summed E-state index contributed by atoms with van der Waals surface area (Å²) in [6, 6.07) is 6.54. The van der Waals surface area contributed by atoms with Gasteiger partial charge >= 0.3 is 0 Å². The molecule has 2 rings (SSSR count). The van der Waals surface area contributed by atoms with E-state index in [1.807, 2.05) is 0 Å². The third-order valence-electron chi connectivity index (χ3n) is 2.77. The van der Waals surface area contributed by atoms with Gasteiger partial charge in [-0.1, -0.05) is 18.2 Å². The first-order valence-electron chi connectivity index (χ1n) is 5.31. The van der Waals surface area contributed by atoms with E-state index in [0.717, 1.165) is 32.8 Å². The molecule has 0 spiro atoms. The smallest absolute Gasteiger partial charge is 0.0594 e. The van der Waals surface area contributed by atoms with Crippen LogP contribution in [0.25, 0.3) is 0 Å². The van der Waals surface area contributed by atoms with Crippen LogP contribution in [0, 0.1) is 10.5 Å². The standard InChI is InChI=1S/C12H16INO/c1-10-3-2-4-11(12(10)13)9-14-5-7-15-8-6-14/h2-4H,5-9H2,1H3. The fraction of sp³-hybridized carbons (Fsp3) is 0.500. The van der Waals surface area contributed by atoms with Gasteiger partial charge in [-0.25, -0.2) is 0 Å². The van der Waals surface area contributed by atoms with Crippen molar-refractivity contribution in [3.63, 3.8) is 0 Å². The number of hydrogen-bond acceptors (Lipinski definition) is 2. The minimum absolute atomic E-state index is 0.877. The molecular weight excluding hydrogens is 301 g/mol. The van der Waals surface area contributed by atoms with Crippen LogP contribution in [-0.2, 0) is 11.3 Å². The highest BCUT2D eigenvalue weighted by molar-refractivity contribution is 14.1. The molecule has 1 aliphatic heterocycles. The van der Waals surface area contributed by atoms with Crippen LogP contribution in [-0.4, -0.2) is 31.2 Å². The van der Waals surface area contributed by atoms with Gasteiger partial charge < -0.3 is 4.74 Å². The van der Waals surface area contributed by atoms with Gasteiger partial charge in [-0.2, -0.15) is 0 Å². The molecule has 1 heterocycles. The predicted octanol–water partition coefficient (Wildman–Crippen LogP) is 2.43. The van der Waals surface area contributed by atoms with Gasteiger partial charge in [-0.3, -0.25) is 4.90 Å². The Labute approximate surface area is 105 Å². The molecule has 1 aromatic carbocycles. The zero-order chi connectivity index (χ0) is 10.7. The number of benzene rings is 1. The molecular formula is C12H16INO. The summed E-state index contributed by atoms with van der Waals surface area (Å²) in [5.41, 5.74) is 2.82. The Kier molecular flexibility index (Phi) is 3.99. The number of halogens is 1. The molecule has 82 valence electrons. The normalized spacial score (nSPS) is 18.0. The highest BCUT2D eigenvalue weighted by Gasteiger charge is 2.12. The largest absolute Gasteiger partial charge is 0.379 e. The topological polar surface area (TPSA) is 12.5 Å². The van der Waals surface area contributed by atoms with E-state index in [0.29, 0.717) is 0 Å². The van der Waals surface area contributed by atoms with Crippen LogP contribution in [0.15, 0.2) is 18.2 Å². The minimum Gasteiger partial charge on any atom is -0.379 e. The predicted molar refractivity (Wildman–Crippen MR) is 70.0 cm³/mol. The SMILES string of the molecule is Cc1cccc(CN2CCOCC2)c1I. The molecule has 1 saturated heterocycles. The summed E-state index contributed by atoms with van der Waals surface area (Å²) in [6.07, 6.45) is 0. The van der Waals surface area contributed by atoms with E-state index in [9.17, 15) is 0 Å². The van der Waals surface area contributed by atoms with E-state index >= 15 is 0 Å². The lowest BCUT2D eigenvalue weighted by molar-refractivity contribution is 0.0341. The molecule has 2 nitrogen and oxygen atoms in total. The van der Waals surface area contributed by atoms with E-state index in [4.69, 9.17) is 4.74 Å². The van der Waals surface area contributed by atoms with Crippen LogP contribution in [0.1, 0.15) is 11.1 Å². The van der Waals surface area contributed by atoms with E-state index in [2.05, 4.69) is 52.6 Å². The number of morpholine rings is 1. The number of aryl methyl sites for hydroxylation is 1. The molecule has 0 aliphatic carbocycles. The Morgan fingerprint density at radius 3 is 2.80 bits per heavy atom. The summed E-state index contributed by atoms with van der Waals surface area (Å²) in [7, 11) is 0. The van der Waals surface area contributed by atoms with Crippen LogP contribution in [0.3, 0.4) is 0 Å². The maximum atomic E-state index is 5.35. The molecule has 0 amide bonds. The second-order valence-corrected chi connectivity index (χ2v) is 5.02. The van der Waals surface area contributed by atoms with Gasteiger partial charge in [0.05, 0.1) is 13.2 Å². The molecule has 1 aliphatic rings. The fourth-order valence-corrected chi connectivity index (χ4v) is 2.36. The molecule has 3 heteroatoms. The van der Waals surface area contributed by atoms with Crippen molar-refractivity contribution in [1.82, 2.24) is 4.90 Å². The Morgan fingerprint density at radius 1 is 1.33 bits per heavy atom. The highest BCUT2D eigenvalue weighted by atomic mass is 127. The fourth-order valence-electron chi connectivity index (χ4n) is 1.83. The van der Waals surface area contributed by atoms with Crippen LogP contribution in [0.2, 0.25) is 0 Å². The number of ether oxygens (including phenoxy) is 1. The zero-order valence-electron chi connectivity index (χ0n) is 9.00. The van der Waals surface area contributed by atoms with Crippen molar-refractivity contribution in [1.29, 1.82) is 0 Å². The van der Waals surface area contributed by atoms with Gasteiger partial charge in [0.15, 0.2) is 0 Å². The molecule has 0 unspecified atom stereocenters. The molecule has 0 saturated carbocycles. The van der Waals surface area contributed by atoms with Crippen LogP contribution in [0.4, 0.5) is 0 Å². The Hall–Kier alpha value is -0.130. The summed E-state index contributed by atoms with van der Waals surface area (Å²) >= 11 is 2.44. The van der Waals surface area contributed by atoms with Crippen molar-refractivity contribution in [3.05, 3.63) is 32.9 Å². The van der Waals surface area contributed by atoms with Gasteiger partial charge in [-0.15, -0.1) is 0 Å². The van der Waals surface area contributed by atoms with Crippen LogP contribution < -0.4 is 0 Å². The molecule has 0 N–H and O–H groups in total. The van der Waals surface area contributed by atoms with Gasteiger partial charge in [0.2, 0.25) is 0 Å². The first kappa shape index (κ1) is 11.4. The Bertz CT molecular complexity index is 334. The van der Waals surface area contributed by atoms with E-state index in [-0.39, 0.29) is 0 Å². The second kappa shape index (κ2) is 5.27. The summed E-state index contributed by atoms with van der Waals surface area (Å²) in [6.45, 7) is 7.10. The Morgan fingerprint density at radius 2 is 2.07 bits per heavy atom. The average Bonchev–Trinajstić information content (AvgIpc) is 2.26.